The summed E-state index contributed by atoms with van der Waals surface area (Å²) in [6, 6.07) is 15.4. The SMILES string of the molecule is CCOc1ccc(OCCNC(=O)COc2ccc3ccc(=O)oc3c2)cc1. The molecule has 0 bridgehead atoms. The van der Waals surface area contributed by atoms with Crippen LogP contribution in [0.4, 0.5) is 0 Å². The van der Waals surface area contributed by atoms with Gasteiger partial charge in [0.1, 0.15) is 29.4 Å². The van der Waals surface area contributed by atoms with E-state index in [1.807, 2.05) is 31.2 Å². The summed E-state index contributed by atoms with van der Waals surface area (Å²) in [4.78, 5) is 23.1. The van der Waals surface area contributed by atoms with Gasteiger partial charge in [-0.3, -0.25) is 4.79 Å². The molecule has 3 aromatic rings. The Morgan fingerprint density at radius 2 is 1.61 bits per heavy atom. The number of nitrogens with one attached hydrogen (secondary N) is 1. The zero-order chi connectivity index (χ0) is 19.8. The summed E-state index contributed by atoms with van der Waals surface area (Å²) in [5.74, 6) is 1.66. The minimum Gasteiger partial charge on any atom is -0.494 e. The molecule has 2 aromatic carbocycles. The first-order chi connectivity index (χ1) is 13.6. The second-order valence-corrected chi connectivity index (χ2v) is 5.85. The predicted molar refractivity (Wildman–Crippen MR) is 104 cm³/mol. The summed E-state index contributed by atoms with van der Waals surface area (Å²) in [5, 5.41) is 3.49. The van der Waals surface area contributed by atoms with Crippen LogP contribution in [0.2, 0.25) is 0 Å². The van der Waals surface area contributed by atoms with Crippen molar-refractivity contribution in [2.24, 2.45) is 0 Å². The Morgan fingerprint density at radius 1 is 0.929 bits per heavy atom. The van der Waals surface area contributed by atoms with Crippen LogP contribution in [0.15, 0.2) is 63.8 Å². The van der Waals surface area contributed by atoms with E-state index in [1.54, 1.807) is 24.3 Å². The minimum absolute atomic E-state index is 0.147. The molecule has 0 saturated carbocycles. The van der Waals surface area contributed by atoms with E-state index in [4.69, 9.17) is 18.6 Å². The molecular weight excluding hydrogens is 362 g/mol. The standard InChI is InChI=1S/C21H21NO6/c1-2-25-16-6-8-17(9-7-16)26-12-11-22-20(23)14-27-18-5-3-15-4-10-21(24)28-19(15)13-18/h3-10,13H,2,11-12,14H2,1H3,(H,22,23). The van der Waals surface area contributed by atoms with Crippen molar-refractivity contribution in [1.82, 2.24) is 5.32 Å². The lowest BCUT2D eigenvalue weighted by Gasteiger charge is -2.10. The van der Waals surface area contributed by atoms with E-state index in [2.05, 4.69) is 5.32 Å². The molecule has 0 spiro atoms. The van der Waals surface area contributed by atoms with Crippen molar-refractivity contribution in [2.45, 2.75) is 6.92 Å². The van der Waals surface area contributed by atoms with E-state index in [0.717, 1.165) is 11.1 Å². The number of rotatable bonds is 9. The summed E-state index contributed by atoms with van der Waals surface area (Å²) in [5.41, 5.74) is -0.0240. The lowest BCUT2D eigenvalue weighted by Crippen LogP contribution is -2.32. The quantitative estimate of drug-likeness (QED) is 0.452. The molecule has 0 atom stereocenters. The number of amides is 1. The van der Waals surface area contributed by atoms with Gasteiger partial charge in [0.05, 0.1) is 13.2 Å². The summed E-state index contributed by atoms with van der Waals surface area (Å²) in [6.45, 7) is 3.07. The van der Waals surface area contributed by atoms with Crippen LogP contribution in [-0.4, -0.2) is 32.3 Å². The maximum Gasteiger partial charge on any atom is 0.336 e. The molecule has 146 valence electrons. The third kappa shape index (κ3) is 5.51. The third-order valence-electron chi connectivity index (χ3n) is 3.79. The Balaban J connectivity index is 1.39. The minimum atomic E-state index is -0.435. The highest BCUT2D eigenvalue weighted by molar-refractivity contribution is 5.79. The lowest BCUT2D eigenvalue weighted by atomic mass is 10.2. The highest BCUT2D eigenvalue weighted by Gasteiger charge is 2.05. The van der Waals surface area contributed by atoms with Crippen LogP contribution < -0.4 is 25.2 Å². The summed E-state index contributed by atoms with van der Waals surface area (Å²) in [6.07, 6.45) is 0. The molecule has 0 aliphatic heterocycles. The molecule has 0 radical (unpaired) electrons. The molecule has 1 heterocycles. The predicted octanol–water partition coefficient (Wildman–Crippen LogP) is 2.77. The van der Waals surface area contributed by atoms with E-state index in [0.29, 0.717) is 36.8 Å². The van der Waals surface area contributed by atoms with Gasteiger partial charge in [-0.05, 0) is 49.4 Å². The molecule has 7 nitrogen and oxygen atoms in total. The number of ether oxygens (including phenoxy) is 3. The maximum atomic E-state index is 11.9. The van der Waals surface area contributed by atoms with Gasteiger partial charge in [0.2, 0.25) is 0 Å². The van der Waals surface area contributed by atoms with Crippen LogP contribution in [0.5, 0.6) is 17.2 Å². The molecule has 1 N–H and O–H groups in total. The van der Waals surface area contributed by atoms with Gasteiger partial charge in [-0.25, -0.2) is 4.79 Å². The van der Waals surface area contributed by atoms with E-state index in [1.165, 1.54) is 6.07 Å². The van der Waals surface area contributed by atoms with Gasteiger partial charge in [-0.15, -0.1) is 0 Å². The van der Waals surface area contributed by atoms with Crippen LogP contribution >= 0.6 is 0 Å². The average molecular weight is 383 g/mol. The monoisotopic (exact) mass is 383 g/mol. The van der Waals surface area contributed by atoms with E-state index >= 15 is 0 Å². The molecule has 0 fully saturated rings. The van der Waals surface area contributed by atoms with Crippen LogP contribution in [0.3, 0.4) is 0 Å². The van der Waals surface area contributed by atoms with Gasteiger partial charge < -0.3 is 23.9 Å². The Kier molecular flexibility index (Phi) is 6.51. The first-order valence-electron chi connectivity index (χ1n) is 8.93. The van der Waals surface area contributed by atoms with Crippen molar-refractivity contribution < 1.29 is 23.4 Å². The Labute approximate surface area is 161 Å². The molecule has 28 heavy (non-hydrogen) atoms. The van der Waals surface area contributed by atoms with Gasteiger partial charge in [0.25, 0.3) is 5.91 Å². The average Bonchev–Trinajstić information content (AvgIpc) is 2.70. The summed E-state index contributed by atoms with van der Waals surface area (Å²) < 4.78 is 21.5. The van der Waals surface area contributed by atoms with Gasteiger partial charge in [0, 0.05) is 17.5 Å². The number of fused-ring (bicyclic) bond motifs is 1. The molecule has 7 heteroatoms. The first-order valence-corrected chi connectivity index (χ1v) is 8.93. The second kappa shape index (κ2) is 9.45. The van der Waals surface area contributed by atoms with Gasteiger partial charge in [-0.2, -0.15) is 0 Å². The van der Waals surface area contributed by atoms with Crippen molar-refractivity contribution in [3.63, 3.8) is 0 Å². The zero-order valence-electron chi connectivity index (χ0n) is 15.5. The Morgan fingerprint density at radius 3 is 2.36 bits per heavy atom. The Bertz CT molecular complexity index is 980. The number of carbonyl (C=O) groups is 1. The molecule has 0 aliphatic rings. The largest absolute Gasteiger partial charge is 0.494 e. The lowest BCUT2D eigenvalue weighted by molar-refractivity contribution is -0.123. The Hall–Kier alpha value is -3.48. The normalized spacial score (nSPS) is 10.5. The van der Waals surface area contributed by atoms with Crippen LogP contribution in [0.25, 0.3) is 11.0 Å². The van der Waals surface area contributed by atoms with E-state index in [9.17, 15) is 9.59 Å². The van der Waals surface area contributed by atoms with Crippen LogP contribution in [-0.2, 0) is 4.79 Å². The van der Waals surface area contributed by atoms with Crippen molar-refractivity contribution in [1.29, 1.82) is 0 Å². The zero-order valence-corrected chi connectivity index (χ0v) is 15.5. The third-order valence-corrected chi connectivity index (χ3v) is 3.79. The first kappa shape index (κ1) is 19.3. The number of hydrogen-bond donors (Lipinski definition) is 1. The molecule has 1 aromatic heterocycles. The van der Waals surface area contributed by atoms with E-state index < -0.39 is 5.63 Å². The fraction of sp³-hybridized carbons (Fsp3) is 0.238. The molecular formula is C21H21NO6. The molecule has 0 unspecified atom stereocenters. The highest BCUT2D eigenvalue weighted by Crippen LogP contribution is 2.19. The van der Waals surface area contributed by atoms with Gasteiger partial charge in [-0.1, -0.05) is 0 Å². The number of carbonyl (C=O) groups excluding carboxylic acids is 1. The molecule has 0 saturated heterocycles. The van der Waals surface area contributed by atoms with Gasteiger partial charge >= 0.3 is 5.63 Å². The maximum absolute atomic E-state index is 11.9. The second-order valence-electron chi connectivity index (χ2n) is 5.85. The van der Waals surface area contributed by atoms with Crippen LogP contribution in [0.1, 0.15) is 6.92 Å². The summed E-state index contributed by atoms with van der Waals surface area (Å²) >= 11 is 0. The van der Waals surface area contributed by atoms with Crippen molar-refractivity contribution in [3.8, 4) is 17.2 Å². The molecule has 3 rings (SSSR count). The fourth-order valence-electron chi connectivity index (χ4n) is 2.49. The highest BCUT2D eigenvalue weighted by atomic mass is 16.5. The topological polar surface area (TPSA) is 87.0 Å². The fourth-order valence-corrected chi connectivity index (χ4v) is 2.49. The van der Waals surface area contributed by atoms with Crippen molar-refractivity contribution in [2.75, 3.05) is 26.4 Å². The number of benzene rings is 2. The molecule has 0 aliphatic carbocycles. The van der Waals surface area contributed by atoms with Crippen LogP contribution in [0, 0.1) is 0 Å². The molecule has 1 amide bonds. The smallest absolute Gasteiger partial charge is 0.336 e. The summed E-state index contributed by atoms with van der Waals surface area (Å²) in [7, 11) is 0. The van der Waals surface area contributed by atoms with E-state index in [-0.39, 0.29) is 12.5 Å². The number of hydrogen-bond acceptors (Lipinski definition) is 6. The van der Waals surface area contributed by atoms with Crippen molar-refractivity contribution in [3.05, 3.63) is 65.0 Å². The van der Waals surface area contributed by atoms with Crippen molar-refractivity contribution >= 4 is 16.9 Å². The van der Waals surface area contributed by atoms with Gasteiger partial charge in [0.15, 0.2) is 6.61 Å².